The summed E-state index contributed by atoms with van der Waals surface area (Å²) in [5, 5.41) is 12.2. The number of halogens is 4. The molecule has 1 fully saturated rings. The standard InChI is InChI=1S/C13H13ClF2N2.ClH/c14-11-4-2-1-3-10(11)13(15,16)12(9-17)5-7-18-8-6-12;/h1-4,18H,5-8H2;1H. The first kappa shape index (κ1) is 16.2. The highest BCUT2D eigenvalue weighted by Gasteiger charge is 2.56. The fourth-order valence-corrected chi connectivity index (χ4v) is 2.58. The van der Waals surface area contributed by atoms with Crippen molar-refractivity contribution in [2.24, 2.45) is 5.41 Å². The van der Waals surface area contributed by atoms with Gasteiger partial charge in [0.15, 0.2) is 0 Å². The normalized spacial score (nSPS) is 18.2. The zero-order valence-corrected chi connectivity index (χ0v) is 11.7. The lowest BCUT2D eigenvalue weighted by Gasteiger charge is -2.38. The molecule has 1 aromatic carbocycles. The van der Waals surface area contributed by atoms with Gasteiger partial charge in [0.1, 0.15) is 5.41 Å². The van der Waals surface area contributed by atoms with Gasteiger partial charge in [-0.2, -0.15) is 14.0 Å². The number of nitrogens with one attached hydrogen (secondary N) is 1. The first-order valence-electron chi connectivity index (χ1n) is 5.78. The highest BCUT2D eigenvalue weighted by atomic mass is 35.5. The Hall–Kier alpha value is -0.890. The topological polar surface area (TPSA) is 35.8 Å². The Morgan fingerprint density at radius 2 is 1.84 bits per heavy atom. The van der Waals surface area contributed by atoms with E-state index < -0.39 is 11.3 Å². The molecule has 0 amide bonds. The minimum Gasteiger partial charge on any atom is -0.317 e. The Balaban J connectivity index is 0.00000180. The van der Waals surface area contributed by atoms with Gasteiger partial charge in [0, 0.05) is 10.6 Å². The fourth-order valence-electron chi connectivity index (χ4n) is 2.32. The number of alkyl halides is 2. The van der Waals surface area contributed by atoms with Gasteiger partial charge < -0.3 is 5.32 Å². The third-order valence-corrected chi connectivity index (χ3v) is 3.81. The number of benzene rings is 1. The van der Waals surface area contributed by atoms with Gasteiger partial charge in [-0.15, -0.1) is 12.4 Å². The van der Waals surface area contributed by atoms with Crippen LogP contribution in [-0.4, -0.2) is 13.1 Å². The molecule has 1 heterocycles. The van der Waals surface area contributed by atoms with Crippen LogP contribution in [0.3, 0.4) is 0 Å². The molecule has 1 aromatic rings. The van der Waals surface area contributed by atoms with E-state index in [2.05, 4.69) is 5.32 Å². The van der Waals surface area contributed by atoms with Gasteiger partial charge in [0.2, 0.25) is 0 Å². The smallest absolute Gasteiger partial charge is 0.293 e. The van der Waals surface area contributed by atoms with Crippen LogP contribution >= 0.6 is 24.0 Å². The molecule has 104 valence electrons. The first-order valence-corrected chi connectivity index (χ1v) is 6.16. The lowest BCUT2D eigenvalue weighted by Crippen LogP contribution is -2.46. The predicted molar refractivity (Wildman–Crippen MR) is 72.7 cm³/mol. The molecule has 19 heavy (non-hydrogen) atoms. The molecular formula is C13H14Cl2F2N2. The van der Waals surface area contributed by atoms with E-state index in [1.165, 1.54) is 18.2 Å². The molecule has 1 saturated heterocycles. The van der Waals surface area contributed by atoms with Crippen molar-refractivity contribution in [3.8, 4) is 6.07 Å². The summed E-state index contributed by atoms with van der Waals surface area (Å²) in [5.41, 5.74) is -1.92. The van der Waals surface area contributed by atoms with Crippen LogP contribution in [0.1, 0.15) is 18.4 Å². The van der Waals surface area contributed by atoms with E-state index in [1.807, 2.05) is 6.07 Å². The summed E-state index contributed by atoms with van der Waals surface area (Å²) in [5.74, 6) is -3.23. The average Bonchev–Trinajstić information content (AvgIpc) is 2.39. The number of nitrogens with zero attached hydrogens (tertiary/aromatic N) is 1. The maximum absolute atomic E-state index is 14.6. The van der Waals surface area contributed by atoms with E-state index in [-0.39, 0.29) is 35.8 Å². The second kappa shape index (κ2) is 6.04. The summed E-state index contributed by atoms with van der Waals surface area (Å²) >= 11 is 5.84. The molecule has 0 atom stereocenters. The molecule has 0 saturated carbocycles. The van der Waals surface area contributed by atoms with Gasteiger partial charge in [0.05, 0.1) is 6.07 Å². The van der Waals surface area contributed by atoms with E-state index in [0.717, 1.165) is 0 Å². The molecule has 2 rings (SSSR count). The van der Waals surface area contributed by atoms with Crippen molar-refractivity contribution in [3.05, 3.63) is 34.9 Å². The lowest BCUT2D eigenvalue weighted by molar-refractivity contribution is -0.114. The molecule has 0 spiro atoms. The van der Waals surface area contributed by atoms with Gasteiger partial charge in [-0.3, -0.25) is 0 Å². The Morgan fingerprint density at radius 3 is 2.37 bits per heavy atom. The van der Waals surface area contributed by atoms with Gasteiger partial charge >= 0.3 is 0 Å². The molecule has 6 heteroatoms. The summed E-state index contributed by atoms with van der Waals surface area (Å²) in [4.78, 5) is 0. The number of hydrogen-bond acceptors (Lipinski definition) is 2. The van der Waals surface area contributed by atoms with Crippen LogP contribution in [0.25, 0.3) is 0 Å². The molecule has 0 aliphatic carbocycles. The third kappa shape index (κ3) is 2.69. The largest absolute Gasteiger partial charge is 0.317 e. The summed E-state index contributed by atoms with van der Waals surface area (Å²) in [6.07, 6.45) is 0.253. The second-order valence-corrected chi connectivity index (χ2v) is 4.91. The summed E-state index contributed by atoms with van der Waals surface area (Å²) in [7, 11) is 0. The van der Waals surface area contributed by atoms with Crippen LogP contribution in [0.15, 0.2) is 24.3 Å². The van der Waals surface area contributed by atoms with E-state index in [0.29, 0.717) is 13.1 Å². The molecule has 2 nitrogen and oxygen atoms in total. The molecule has 0 aromatic heterocycles. The van der Waals surface area contributed by atoms with Crippen molar-refractivity contribution in [2.75, 3.05) is 13.1 Å². The average molecular weight is 307 g/mol. The Kier molecular flexibility index (Phi) is 5.14. The van der Waals surface area contributed by atoms with Crippen LogP contribution in [0, 0.1) is 16.7 Å². The van der Waals surface area contributed by atoms with Crippen LogP contribution in [0.4, 0.5) is 8.78 Å². The maximum atomic E-state index is 14.6. The third-order valence-electron chi connectivity index (χ3n) is 3.48. The van der Waals surface area contributed by atoms with Crippen molar-refractivity contribution in [2.45, 2.75) is 18.8 Å². The lowest BCUT2D eigenvalue weighted by atomic mass is 9.72. The molecule has 1 N–H and O–H groups in total. The van der Waals surface area contributed by atoms with Crippen LogP contribution in [-0.2, 0) is 5.92 Å². The van der Waals surface area contributed by atoms with Crippen molar-refractivity contribution in [3.63, 3.8) is 0 Å². The summed E-state index contributed by atoms with van der Waals surface area (Å²) in [6, 6.07) is 7.67. The zero-order valence-electron chi connectivity index (χ0n) is 10.1. The molecular weight excluding hydrogens is 293 g/mol. The molecule has 0 bridgehead atoms. The van der Waals surface area contributed by atoms with E-state index in [9.17, 15) is 14.0 Å². The molecule has 1 aliphatic rings. The highest BCUT2D eigenvalue weighted by molar-refractivity contribution is 6.31. The van der Waals surface area contributed by atoms with Gasteiger partial charge in [-0.1, -0.05) is 29.8 Å². The SMILES string of the molecule is Cl.N#CC1(C(F)(F)c2ccccc2Cl)CCNCC1. The van der Waals surface area contributed by atoms with E-state index >= 15 is 0 Å². The maximum Gasteiger partial charge on any atom is 0.293 e. The minimum absolute atomic E-state index is 0. The van der Waals surface area contributed by atoms with Crippen molar-refractivity contribution >= 4 is 24.0 Å². The van der Waals surface area contributed by atoms with Crippen molar-refractivity contribution in [1.29, 1.82) is 5.26 Å². The second-order valence-electron chi connectivity index (χ2n) is 4.50. The summed E-state index contributed by atoms with van der Waals surface area (Å²) < 4.78 is 29.2. The Morgan fingerprint density at radius 1 is 1.26 bits per heavy atom. The number of hydrogen-bond donors (Lipinski definition) is 1. The molecule has 0 unspecified atom stereocenters. The van der Waals surface area contributed by atoms with Gasteiger partial charge in [0.25, 0.3) is 5.92 Å². The fraction of sp³-hybridized carbons (Fsp3) is 0.462. The number of piperidine rings is 1. The molecule has 1 aliphatic heterocycles. The zero-order chi connectivity index (χ0) is 13.2. The summed E-state index contributed by atoms with van der Waals surface area (Å²) in [6.45, 7) is 0.848. The van der Waals surface area contributed by atoms with Crippen LogP contribution in [0.5, 0.6) is 0 Å². The monoisotopic (exact) mass is 306 g/mol. The molecule has 0 radical (unpaired) electrons. The van der Waals surface area contributed by atoms with Gasteiger partial charge in [-0.25, -0.2) is 0 Å². The first-order chi connectivity index (χ1) is 8.53. The van der Waals surface area contributed by atoms with Crippen LogP contribution < -0.4 is 5.32 Å². The Bertz CT molecular complexity index is 480. The number of nitriles is 1. The Labute approximate surface area is 122 Å². The predicted octanol–water partition coefficient (Wildman–Crippen LogP) is 3.75. The van der Waals surface area contributed by atoms with Crippen molar-refractivity contribution in [1.82, 2.24) is 5.32 Å². The van der Waals surface area contributed by atoms with Gasteiger partial charge in [-0.05, 0) is 32.0 Å². The van der Waals surface area contributed by atoms with Crippen molar-refractivity contribution < 1.29 is 8.78 Å². The minimum atomic E-state index is -3.23. The van der Waals surface area contributed by atoms with E-state index in [4.69, 9.17) is 11.6 Å². The number of rotatable bonds is 2. The van der Waals surface area contributed by atoms with Crippen LogP contribution in [0.2, 0.25) is 5.02 Å². The highest BCUT2D eigenvalue weighted by Crippen LogP contribution is 2.51. The quantitative estimate of drug-likeness (QED) is 0.903. The van der Waals surface area contributed by atoms with E-state index in [1.54, 1.807) is 6.07 Å².